The molecule has 1 aromatic rings. The molecule has 0 heterocycles. The lowest BCUT2D eigenvalue weighted by molar-refractivity contribution is -0.139. The summed E-state index contributed by atoms with van der Waals surface area (Å²) in [4.78, 5) is 33.7. The standard InChI is InChI=1S/C17H24N2O5/c1-17(2,3)16(23)19-10-14(20)18-9-8-12-4-6-13(7-5-12)24-11-15(21)22/h4-7H,8-11H2,1-3H3,(H,18,20)(H,19,23)(H,21,22). The fourth-order valence-electron chi connectivity index (χ4n) is 1.73. The van der Waals surface area contributed by atoms with Crippen molar-refractivity contribution in [1.82, 2.24) is 10.6 Å². The molecule has 0 aliphatic heterocycles. The number of carboxylic acids is 1. The molecule has 0 fully saturated rings. The van der Waals surface area contributed by atoms with Crippen LogP contribution in [0.5, 0.6) is 5.75 Å². The molecular formula is C17H24N2O5. The van der Waals surface area contributed by atoms with Gasteiger partial charge in [0.2, 0.25) is 11.8 Å². The van der Waals surface area contributed by atoms with E-state index in [-0.39, 0.29) is 25.0 Å². The molecule has 0 saturated carbocycles. The number of hydrogen-bond acceptors (Lipinski definition) is 4. The van der Waals surface area contributed by atoms with Crippen molar-refractivity contribution in [2.24, 2.45) is 5.41 Å². The Morgan fingerprint density at radius 2 is 1.71 bits per heavy atom. The fourth-order valence-corrected chi connectivity index (χ4v) is 1.73. The first kappa shape index (κ1) is 19.5. The second kappa shape index (κ2) is 8.90. The molecule has 0 spiro atoms. The summed E-state index contributed by atoms with van der Waals surface area (Å²) in [6.45, 7) is 5.37. The zero-order valence-corrected chi connectivity index (χ0v) is 14.2. The predicted molar refractivity (Wildman–Crippen MR) is 88.8 cm³/mol. The summed E-state index contributed by atoms with van der Waals surface area (Å²) >= 11 is 0. The van der Waals surface area contributed by atoms with Crippen LogP contribution in [0.3, 0.4) is 0 Å². The van der Waals surface area contributed by atoms with Gasteiger partial charge in [0.15, 0.2) is 6.61 Å². The smallest absolute Gasteiger partial charge is 0.341 e. The molecule has 0 bridgehead atoms. The molecule has 24 heavy (non-hydrogen) atoms. The second-order valence-corrected chi connectivity index (χ2v) is 6.36. The normalized spacial score (nSPS) is 10.8. The van der Waals surface area contributed by atoms with Crippen molar-refractivity contribution < 1.29 is 24.2 Å². The number of rotatable bonds is 8. The van der Waals surface area contributed by atoms with Crippen LogP contribution in [0.4, 0.5) is 0 Å². The average molecular weight is 336 g/mol. The highest BCUT2D eigenvalue weighted by molar-refractivity contribution is 5.87. The summed E-state index contributed by atoms with van der Waals surface area (Å²) < 4.78 is 5.04. The Hall–Kier alpha value is -2.57. The summed E-state index contributed by atoms with van der Waals surface area (Å²) in [6, 6.07) is 6.99. The van der Waals surface area contributed by atoms with Gasteiger partial charge in [-0.2, -0.15) is 0 Å². The largest absolute Gasteiger partial charge is 0.482 e. The predicted octanol–water partition coefficient (Wildman–Crippen LogP) is 0.971. The lowest BCUT2D eigenvalue weighted by atomic mass is 9.96. The number of ether oxygens (including phenoxy) is 1. The average Bonchev–Trinajstić information content (AvgIpc) is 2.50. The third kappa shape index (κ3) is 7.62. The number of hydrogen-bond donors (Lipinski definition) is 3. The quantitative estimate of drug-likeness (QED) is 0.656. The molecule has 0 aliphatic carbocycles. The maximum absolute atomic E-state index is 11.7. The topological polar surface area (TPSA) is 105 Å². The van der Waals surface area contributed by atoms with E-state index < -0.39 is 11.4 Å². The van der Waals surface area contributed by atoms with Crippen molar-refractivity contribution in [3.8, 4) is 5.75 Å². The molecule has 0 aliphatic rings. The highest BCUT2D eigenvalue weighted by Gasteiger charge is 2.21. The number of nitrogens with one attached hydrogen (secondary N) is 2. The van der Waals surface area contributed by atoms with E-state index in [2.05, 4.69) is 10.6 Å². The highest BCUT2D eigenvalue weighted by atomic mass is 16.5. The molecule has 0 saturated heterocycles. The van der Waals surface area contributed by atoms with E-state index in [4.69, 9.17) is 9.84 Å². The molecule has 7 heteroatoms. The summed E-state index contributed by atoms with van der Waals surface area (Å²) in [5.74, 6) is -0.959. The van der Waals surface area contributed by atoms with Gasteiger partial charge in [-0.15, -0.1) is 0 Å². The zero-order chi connectivity index (χ0) is 18.2. The van der Waals surface area contributed by atoms with Gasteiger partial charge in [0.05, 0.1) is 6.54 Å². The Labute approximate surface area is 141 Å². The third-order valence-electron chi connectivity index (χ3n) is 3.11. The van der Waals surface area contributed by atoms with Gasteiger partial charge in [-0.05, 0) is 24.1 Å². The molecule has 1 aromatic carbocycles. The third-order valence-corrected chi connectivity index (χ3v) is 3.11. The van der Waals surface area contributed by atoms with Crippen molar-refractivity contribution in [2.75, 3.05) is 19.7 Å². The SMILES string of the molecule is CC(C)(C)C(=O)NCC(=O)NCCc1ccc(OCC(=O)O)cc1. The molecule has 2 amide bonds. The number of carbonyl (C=O) groups excluding carboxylic acids is 2. The number of amides is 2. The van der Waals surface area contributed by atoms with E-state index >= 15 is 0 Å². The van der Waals surface area contributed by atoms with Crippen LogP contribution in [0, 0.1) is 5.41 Å². The molecule has 0 unspecified atom stereocenters. The minimum absolute atomic E-state index is 0.0436. The van der Waals surface area contributed by atoms with E-state index in [0.29, 0.717) is 18.7 Å². The fraction of sp³-hybridized carbons (Fsp3) is 0.471. The lowest BCUT2D eigenvalue weighted by Gasteiger charge is -2.17. The van der Waals surface area contributed by atoms with Crippen LogP contribution in [0.1, 0.15) is 26.3 Å². The Bertz CT molecular complexity index is 576. The van der Waals surface area contributed by atoms with Crippen LogP contribution in [0.15, 0.2) is 24.3 Å². The summed E-state index contributed by atoms with van der Waals surface area (Å²) in [6.07, 6.45) is 0.623. The van der Waals surface area contributed by atoms with Gasteiger partial charge >= 0.3 is 5.97 Å². The first-order valence-electron chi connectivity index (χ1n) is 7.67. The summed E-state index contributed by atoms with van der Waals surface area (Å²) in [5.41, 5.74) is 0.460. The highest BCUT2D eigenvalue weighted by Crippen LogP contribution is 2.13. The number of benzene rings is 1. The van der Waals surface area contributed by atoms with E-state index in [1.54, 1.807) is 32.9 Å². The first-order valence-corrected chi connectivity index (χ1v) is 7.67. The van der Waals surface area contributed by atoms with Crippen molar-refractivity contribution in [3.05, 3.63) is 29.8 Å². The summed E-state index contributed by atoms with van der Waals surface area (Å²) in [7, 11) is 0. The Morgan fingerprint density at radius 3 is 2.25 bits per heavy atom. The van der Waals surface area contributed by atoms with Gasteiger partial charge in [0.25, 0.3) is 0 Å². The van der Waals surface area contributed by atoms with Crippen LogP contribution < -0.4 is 15.4 Å². The Kier molecular flexibility index (Phi) is 7.23. The maximum Gasteiger partial charge on any atom is 0.341 e. The summed E-state index contributed by atoms with van der Waals surface area (Å²) in [5, 5.41) is 13.8. The van der Waals surface area contributed by atoms with Crippen molar-refractivity contribution in [2.45, 2.75) is 27.2 Å². The molecule has 0 aromatic heterocycles. The molecule has 0 radical (unpaired) electrons. The monoisotopic (exact) mass is 336 g/mol. The lowest BCUT2D eigenvalue weighted by Crippen LogP contribution is -2.42. The van der Waals surface area contributed by atoms with Crippen molar-refractivity contribution in [1.29, 1.82) is 0 Å². The van der Waals surface area contributed by atoms with Crippen molar-refractivity contribution in [3.63, 3.8) is 0 Å². The van der Waals surface area contributed by atoms with Crippen LogP contribution in [0.25, 0.3) is 0 Å². The molecular weight excluding hydrogens is 312 g/mol. The van der Waals surface area contributed by atoms with E-state index in [1.807, 2.05) is 12.1 Å². The number of carbonyl (C=O) groups is 3. The van der Waals surface area contributed by atoms with Crippen LogP contribution >= 0.6 is 0 Å². The Morgan fingerprint density at radius 1 is 1.08 bits per heavy atom. The Balaban J connectivity index is 2.28. The van der Waals surface area contributed by atoms with Gasteiger partial charge in [-0.1, -0.05) is 32.9 Å². The first-order chi connectivity index (χ1) is 11.2. The van der Waals surface area contributed by atoms with Gasteiger partial charge < -0.3 is 20.5 Å². The molecule has 0 atom stereocenters. The maximum atomic E-state index is 11.7. The van der Waals surface area contributed by atoms with Gasteiger partial charge in [0.1, 0.15) is 5.75 Å². The van der Waals surface area contributed by atoms with E-state index in [0.717, 1.165) is 5.56 Å². The van der Waals surface area contributed by atoms with Gasteiger partial charge in [-0.3, -0.25) is 9.59 Å². The zero-order valence-electron chi connectivity index (χ0n) is 14.2. The van der Waals surface area contributed by atoms with E-state index in [9.17, 15) is 14.4 Å². The minimum atomic E-state index is -1.03. The second-order valence-electron chi connectivity index (χ2n) is 6.36. The van der Waals surface area contributed by atoms with E-state index in [1.165, 1.54) is 0 Å². The number of carboxylic acid groups (broad SMARTS) is 1. The van der Waals surface area contributed by atoms with Crippen LogP contribution in [-0.4, -0.2) is 42.6 Å². The minimum Gasteiger partial charge on any atom is -0.482 e. The van der Waals surface area contributed by atoms with Crippen molar-refractivity contribution >= 4 is 17.8 Å². The molecule has 3 N–H and O–H groups in total. The molecule has 1 rings (SSSR count). The number of aliphatic carboxylic acids is 1. The van der Waals surface area contributed by atoms with Gasteiger partial charge in [-0.25, -0.2) is 4.79 Å². The van der Waals surface area contributed by atoms with Crippen LogP contribution in [-0.2, 0) is 20.8 Å². The van der Waals surface area contributed by atoms with Gasteiger partial charge in [0, 0.05) is 12.0 Å². The molecule has 7 nitrogen and oxygen atoms in total. The van der Waals surface area contributed by atoms with Crippen LogP contribution in [0.2, 0.25) is 0 Å². The molecule has 132 valence electrons.